The predicted octanol–water partition coefficient (Wildman–Crippen LogP) is 6.52. The Hall–Kier alpha value is -2.04. The molecule has 3 fully saturated rings. The molecule has 5 rings (SSSR count). The first-order valence-electron chi connectivity index (χ1n) is 13.1. The molecule has 0 amide bonds. The molecule has 34 heavy (non-hydrogen) atoms. The average molecular weight is 469 g/mol. The largest absolute Gasteiger partial charge is 0.504 e. The van der Waals surface area contributed by atoms with Gasteiger partial charge < -0.3 is 15.3 Å². The van der Waals surface area contributed by atoms with E-state index in [0.29, 0.717) is 36.7 Å². The maximum atomic E-state index is 13.6. The van der Waals surface area contributed by atoms with E-state index in [1.54, 1.807) is 0 Å². The Bertz CT molecular complexity index is 1080. The molecular formula is C29H40O5. The van der Waals surface area contributed by atoms with Crippen LogP contribution in [0.4, 0.5) is 0 Å². The number of fused-ring (bicyclic) bond motifs is 7. The fourth-order valence-electron chi connectivity index (χ4n) is 9.49. The third-order valence-corrected chi connectivity index (χ3v) is 12.1. The maximum Gasteiger partial charge on any atom is 0.310 e. The lowest BCUT2D eigenvalue weighted by Gasteiger charge is -2.68. The number of Topliss-reactive ketones (excluding diaryl/α,β-unsaturated/α-hetero) is 1. The van der Waals surface area contributed by atoms with Gasteiger partial charge in [-0.05, 0) is 104 Å². The van der Waals surface area contributed by atoms with Crippen molar-refractivity contribution in [2.75, 3.05) is 0 Å². The normalized spacial score (nSPS) is 48.4. The van der Waals surface area contributed by atoms with Crippen LogP contribution in [0.2, 0.25) is 0 Å². The van der Waals surface area contributed by atoms with E-state index in [1.807, 2.05) is 13.8 Å². The first-order valence-corrected chi connectivity index (χ1v) is 13.1. The van der Waals surface area contributed by atoms with Crippen LogP contribution in [-0.4, -0.2) is 27.1 Å². The van der Waals surface area contributed by atoms with Gasteiger partial charge in [-0.3, -0.25) is 9.59 Å². The van der Waals surface area contributed by atoms with Crippen molar-refractivity contribution in [3.8, 4) is 0 Å². The Morgan fingerprint density at radius 1 is 1.03 bits per heavy atom. The smallest absolute Gasteiger partial charge is 0.310 e. The van der Waals surface area contributed by atoms with Gasteiger partial charge in [0.2, 0.25) is 11.5 Å². The van der Waals surface area contributed by atoms with Crippen molar-refractivity contribution in [1.82, 2.24) is 0 Å². The van der Waals surface area contributed by atoms with Gasteiger partial charge in [0.1, 0.15) is 0 Å². The molecule has 186 valence electrons. The van der Waals surface area contributed by atoms with E-state index >= 15 is 0 Å². The topological polar surface area (TPSA) is 94.8 Å². The monoisotopic (exact) mass is 468 g/mol. The van der Waals surface area contributed by atoms with E-state index in [4.69, 9.17) is 0 Å². The molecule has 5 aliphatic carbocycles. The quantitative estimate of drug-likeness (QED) is 0.381. The van der Waals surface area contributed by atoms with Crippen molar-refractivity contribution in [1.29, 1.82) is 0 Å². The highest BCUT2D eigenvalue weighted by molar-refractivity contribution is 6.03. The maximum absolute atomic E-state index is 13.6. The fraction of sp³-hybridized carbons (Fsp3) is 0.724. The second kappa shape index (κ2) is 7.01. The van der Waals surface area contributed by atoms with Crippen molar-refractivity contribution >= 4 is 11.8 Å². The van der Waals surface area contributed by atoms with Crippen LogP contribution >= 0.6 is 0 Å². The molecule has 0 aliphatic heterocycles. The summed E-state index contributed by atoms with van der Waals surface area (Å²) in [4.78, 5) is 26.3. The number of aliphatic hydroxyl groups is 2. The van der Waals surface area contributed by atoms with Gasteiger partial charge in [-0.25, -0.2) is 0 Å². The lowest BCUT2D eigenvalue weighted by atomic mass is 9.35. The third kappa shape index (κ3) is 2.47. The summed E-state index contributed by atoms with van der Waals surface area (Å²) < 4.78 is 0. The van der Waals surface area contributed by atoms with Crippen molar-refractivity contribution < 1.29 is 24.9 Å². The number of carbonyl (C=O) groups excluding carboxylic acids is 1. The number of carboxylic acids is 1. The molecule has 0 aromatic heterocycles. The Labute approximate surface area is 203 Å². The molecule has 0 unspecified atom stereocenters. The Morgan fingerprint density at radius 3 is 2.35 bits per heavy atom. The number of rotatable bonds is 1. The minimum atomic E-state index is -0.856. The van der Waals surface area contributed by atoms with Gasteiger partial charge in [-0.1, -0.05) is 39.3 Å². The average Bonchev–Trinajstić information content (AvgIpc) is 2.79. The molecule has 3 saturated carbocycles. The van der Waals surface area contributed by atoms with E-state index in [9.17, 15) is 24.9 Å². The van der Waals surface area contributed by atoms with Gasteiger partial charge >= 0.3 is 5.97 Å². The van der Waals surface area contributed by atoms with Crippen molar-refractivity contribution in [3.05, 3.63) is 34.3 Å². The number of aliphatic hydroxyl groups excluding tert-OH is 2. The van der Waals surface area contributed by atoms with Gasteiger partial charge in [0.25, 0.3) is 0 Å². The molecule has 0 bridgehead atoms. The zero-order valence-electron chi connectivity index (χ0n) is 21.5. The number of allylic oxidation sites excluding steroid dienone is 5. The lowest BCUT2D eigenvalue weighted by Crippen LogP contribution is -2.63. The molecule has 5 aliphatic rings. The molecule has 0 spiro atoms. The number of aliphatic carboxylic acids is 1. The molecule has 5 nitrogen and oxygen atoms in total. The molecular weight excluding hydrogens is 428 g/mol. The van der Waals surface area contributed by atoms with Gasteiger partial charge in [0, 0.05) is 0 Å². The van der Waals surface area contributed by atoms with Gasteiger partial charge in [-0.2, -0.15) is 0 Å². The Balaban J connectivity index is 1.68. The summed E-state index contributed by atoms with van der Waals surface area (Å²) in [6, 6.07) is 0. The first-order chi connectivity index (χ1) is 15.8. The number of ketones is 1. The zero-order chi connectivity index (χ0) is 25.0. The highest BCUT2D eigenvalue weighted by Gasteiger charge is 2.69. The van der Waals surface area contributed by atoms with Gasteiger partial charge in [0.15, 0.2) is 5.76 Å². The summed E-state index contributed by atoms with van der Waals surface area (Å²) in [7, 11) is 0. The van der Waals surface area contributed by atoms with Crippen molar-refractivity contribution in [3.63, 3.8) is 0 Å². The highest BCUT2D eigenvalue weighted by atomic mass is 16.4. The van der Waals surface area contributed by atoms with Crippen LogP contribution in [0.25, 0.3) is 0 Å². The lowest BCUT2D eigenvalue weighted by molar-refractivity contribution is -0.169. The Kier molecular flexibility index (Phi) is 4.88. The van der Waals surface area contributed by atoms with Crippen LogP contribution in [0.5, 0.6) is 0 Å². The molecule has 0 aromatic rings. The van der Waals surface area contributed by atoms with Crippen LogP contribution in [0, 0.1) is 45.3 Å². The summed E-state index contributed by atoms with van der Waals surface area (Å²) in [5.74, 6) is -0.983. The minimum absolute atomic E-state index is 0.0103. The van der Waals surface area contributed by atoms with Crippen LogP contribution in [0.15, 0.2) is 34.3 Å². The summed E-state index contributed by atoms with van der Waals surface area (Å²) in [5, 5.41) is 31.5. The molecule has 0 aromatic carbocycles. The van der Waals surface area contributed by atoms with Crippen molar-refractivity contribution in [2.45, 2.75) is 86.5 Å². The Morgan fingerprint density at radius 2 is 1.71 bits per heavy atom. The second-order valence-corrected chi connectivity index (χ2v) is 12.8. The minimum Gasteiger partial charge on any atom is -0.504 e. The number of hydrogen-bond acceptors (Lipinski definition) is 4. The van der Waals surface area contributed by atoms with Crippen LogP contribution in [0.1, 0.15) is 86.5 Å². The zero-order valence-corrected chi connectivity index (χ0v) is 21.5. The number of carbonyl (C=O) groups is 2. The first kappa shape index (κ1) is 23.7. The summed E-state index contributed by atoms with van der Waals surface area (Å²) in [5.41, 5.74) is 0.975. The predicted molar refractivity (Wildman–Crippen MR) is 130 cm³/mol. The van der Waals surface area contributed by atoms with Crippen molar-refractivity contribution in [2.24, 2.45) is 45.3 Å². The SMILES string of the molecule is CC1=C2CC[C@]3(C)[C@H](CC=C4[C@@H]5[C@@H](C)[C@H](C)CC[C@]5(C(=O)O)CC[C@]43C)[C@@]2(C)C(=O)C(O)=C1O. The molecule has 3 N–H and O–H groups in total. The van der Waals surface area contributed by atoms with Crippen LogP contribution in [0.3, 0.4) is 0 Å². The van der Waals surface area contributed by atoms with Gasteiger partial charge in [0.05, 0.1) is 10.8 Å². The standard InChI is InChI=1S/C29H40O5/c1-15-9-12-29(25(33)34)14-13-26(4)19(21(29)16(15)2)7-8-20-27(26,5)11-10-18-17(3)22(30)23(31)24(32)28(18,20)6/h7,15-16,20-21,30-31H,8-14H2,1-6H3,(H,33,34)/t15-,16+,20+,21+,26-,27-,28+,29+/m1/s1. The van der Waals surface area contributed by atoms with Crippen LogP contribution < -0.4 is 0 Å². The third-order valence-electron chi connectivity index (χ3n) is 12.1. The number of hydrogen-bond donors (Lipinski definition) is 3. The molecule has 5 heteroatoms. The molecule has 8 atom stereocenters. The summed E-state index contributed by atoms with van der Waals surface area (Å²) in [6.45, 7) is 12.9. The van der Waals surface area contributed by atoms with Gasteiger partial charge in [-0.15, -0.1) is 0 Å². The van der Waals surface area contributed by atoms with E-state index in [1.165, 1.54) is 5.57 Å². The van der Waals surface area contributed by atoms with E-state index in [-0.39, 0.29) is 34.2 Å². The van der Waals surface area contributed by atoms with E-state index in [0.717, 1.165) is 31.3 Å². The summed E-state index contributed by atoms with van der Waals surface area (Å²) in [6.07, 6.45) is 7.79. The summed E-state index contributed by atoms with van der Waals surface area (Å²) >= 11 is 0. The highest BCUT2D eigenvalue weighted by Crippen LogP contribution is 2.74. The number of carboxylic acid groups (broad SMARTS) is 1. The van der Waals surface area contributed by atoms with Crippen LogP contribution in [-0.2, 0) is 9.59 Å². The van der Waals surface area contributed by atoms with E-state index < -0.39 is 22.6 Å². The molecule has 0 heterocycles. The molecule has 0 radical (unpaired) electrons. The molecule has 0 saturated heterocycles. The fourth-order valence-corrected chi connectivity index (χ4v) is 9.49. The van der Waals surface area contributed by atoms with E-state index in [2.05, 4.69) is 33.8 Å². The second-order valence-electron chi connectivity index (χ2n) is 12.8.